The summed E-state index contributed by atoms with van der Waals surface area (Å²) in [5.41, 5.74) is 1.20. The number of hydrogen-bond acceptors (Lipinski definition) is 4. The molecule has 0 spiro atoms. The predicted octanol–water partition coefficient (Wildman–Crippen LogP) is 2.46. The van der Waals surface area contributed by atoms with Crippen molar-refractivity contribution in [1.82, 2.24) is 14.8 Å². The molecule has 24 heavy (non-hydrogen) atoms. The fourth-order valence-electron chi connectivity index (χ4n) is 2.67. The molecule has 0 saturated carbocycles. The van der Waals surface area contributed by atoms with Gasteiger partial charge in [0.2, 0.25) is 0 Å². The zero-order chi connectivity index (χ0) is 16.8. The average molecular weight is 346 g/mol. The Morgan fingerprint density at radius 3 is 2.54 bits per heavy atom. The highest BCUT2D eigenvalue weighted by Crippen LogP contribution is 2.15. The maximum absolute atomic E-state index is 12.2. The Morgan fingerprint density at radius 2 is 1.88 bits per heavy atom. The van der Waals surface area contributed by atoms with Crippen LogP contribution in [0.5, 0.6) is 5.75 Å². The molecule has 0 unspecified atom stereocenters. The van der Waals surface area contributed by atoms with E-state index >= 15 is 0 Å². The van der Waals surface area contributed by atoms with Crippen LogP contribution in [-0.2, 0) is 11.3 Å². The van der Waals surface area contributed by atoms with E-state index in [1.54, 1.807) is 30.5 Å². The lowest BCUT2D eigenvalue weighted by Gasteiger charge is -2.34. The van der Waals surface area contributed by atoms with Crippen molar-refractivity contribution in [3.05, 3.63) is 59.4 Å². The van der Waals surface area contributed by atoms with Gasteiger partial charge in [-0.25, -0.2) is 0 Å². The summed E-state index contributed by atoms with van der Waals surface area (Å²) in [6.07, 6.45) is 3.66. The second-order valence-electron chi connectivity index (χ2n) is 5.76. The smallest absolute Gasteiger partial charge is 0.260 e. The first-order valence-electron chi connectivity index (χ1n) is 7.98. The van der Waals surface area contributed by atoms with E-state index in [-0.39, 0.29) is 12.5 Å². The van der Waals surface area contributed by atoms with Crippen molar-refractivity contribution in [1.29, 1.82) is 0 Å². The van der Waals surface area contributed by atoms with Crippen molar-refractivity contribution in [3.63, 3.8) is 0 Å². The van der Waals surface area contributed by atoms with E-state index in [1.165, 1.54) is 5.56 Å². The lowest BCUT2D eigenvalue weighted by Crippen LogP contribution is -2.49. The van der Waals surface area contributed by atoms with E-state index in [0.717, 1.165) is 32.7 Å². The number of carbonyl (C=O) groups is 1. The Bertz CT molecular complexity index is 656. The van der Waals surface area contributed by atoms with Crippen molar-refractivity contribution in [3.8, 4) is 5.75 Å². The van der Waals surface area contributed by atoms with E-state index in [9.17, 15) is 4.79 Å². The minimum atomic E-state index is 0.0194. The van der Waals surface area contributed by atoms with Crippen molar-refractivity contribution in [2.45, 2.75) is 6.54 Å². The number of piperazine rings is 1. The molecule has 5 nitrogen and oxygen atoms in total. The van der Waals surface area contributed by atoms with Gasteiger partial charge in [0.05, 0.1) is 0 Å². The van der Waals surface area contributed by atoms with Gasteiger partial charge in [-0.05, 0) is 35.9 Å². The number of nitrogens with zero attached hydrogens (tertiary/aromatic N) is 3. The fourth-order valence-corrected chi connectivity index (χ4v) is 2.80. The van der Waals surface area contributed by atoms with Crippen LogP contribution in [0.2, 0.25) is 5.02 Å². The van der Waals surface area contributed by atoms with Gasteiger partial charge >= 0.3 is 0 Å². The summed E-state index contributed by atoms with van der Waals surface area (Å²) < 4.78 is 5.53. The van der Waals surface area contributed by atoms with Gasteiger partial charge in [0, 0.05) is 50.1 Å². The van der Waals surface area contributed by atoms with E-state index < -0.39 is 0 Å². The van der Waals surface area contributed by atoms with Crippen LogP contribution in [0.25, 0.3) is 0 Å². The molecule has 1 saturated heterocycles. The van der Waals surface area contributed by atoms with Crippen molar-refractivity contribution >= 4 is 17.5 Å². The summed E-state index contributed by atoms with van der Waals surface area (Å²) >= 11 is 5.83. The van der Waals surface area contributed by atoms with Crippen LogP contribution in [0, 0.1) is 0 Å². The van der Waals surface area contributed by atoms with Gasteiger partial charge in [-0.2, -0.15) is 0 Å². The Hall–Kier alpha value is -2.11. The lowest BCUT2D eigenvalue weighted by atomic mass is 10.2. The van der Waals surface area contributed by atoms with E-state index in [0.29, 0.717) is 10.8 Å². The third kappa shape index (κ3) is 4.69. The first kappa shape index (κ1) is 16.7. The molecule has 1 aromatic carbocycles. The highest BCUT2D eigenvalue weighted by molar-refractivity contribution is 6.30. The minimum absolute atomic E-state index is 0.0194. The zero-order valence-electron chi connectivity index (χ0n) is 13.4. The topological polar surface area (TPSA) is 45.7 Å². The van der Waals surface area contributed by atoms with Crippen molar-refractivity contribution in [2.75, 3.05) is 32.8 Å². The maximum atomic E-state index is 12.2. The number of aromatic nitrogens is 1. The summed E-state index contributed by atoms with van der Waals surface area (Å²) in [6, 6.07) is 11.0. The zero-order valence-corrected chi connectivity index (χ0v) is 14.2. The molecular formula is C18H20ClN3O2. The standard InChI is InChI=1S/C18H20ClN3O2/c19-16-3-5-17(6-4-16)24-14-18(23)22-10-8-21(9-11-22)13-15-2-1-7-20-12-15/h1-7,12H,8-11,13-14H2. The number of amides is 1. The van der Waals surface area contributed by atoms with Gasteiger partial charge in [-0.3, -0.25) is 14.7 Å². The third-order valence-electron chi connectivity index (χ3n) is 4.03. The van der Waals surface area contributed by atoms with Crippen LogP contribution in [0.15, 0.2) is 48.8 Å². The molecule has 1 amide bonds. The molecule has 1 aliphatic rings. The van der Waals surface area contributed by atoms with Gasteiger partial charge in [0.1, 0.15) is 5.75 Å². The first-order chi connectivity index (χ1) is 11.7. The maximum Gasteiger partial charge on any atom is 0.260 e. The molecule has 1 fully saturated rings. The number of benzene rings is 1. The van der Waals surface area contributed by atoms with E-state index in [1.807, 2.05) is 17.2 Å². The van der Waals surface area contributed by atoms with Crippen LogP contribution in [0.1, 0.15) is 5.56 Å². The minimum Gasteiger partial charge on any atom is -0.484 e. The SMILES string of the molecule is O=C(COc1ccc(Cl)cc1)N1CCN(Cc2cccnc2)CC1. The van der Waals surface area contributed by atoms with Crippen molar-refractivity contribution in [2.24, 2.45) is 0 Å². The largest absolute Gasteiger partial charge is 0.484 e. The monoisotopic (exact) mass is 345 g/mol. The van der Waals surface area contributed by atoms with Gasteiger partial charge < -0.3 is 9.64 Å². The van der Waals surface area contributed by atoms with Crippen LogP contribution in [0.4, 0.5) is 0 Å². The number of pyridine rings is 1. The molecule has 0 aliphatic carbocycles. The van der Waals surface area contributed by atoms with Crippen molar-refractivity contribution < 1.29 is 9.53 Å². The molecule has 3 rings (SSSR count). The van der Waals surface area contributed by atoms with Crippen LogP contribution < -0.4 is 4.74 Å². The molecule has 6 heteroatoms. The molecule has 1 aromatic heterocycles. The van der Waals surface area contributed by atoms with E-state index in [2.05, 4.69) is 16.0 Å². The molecule has 0 atom stereocenters. The normalized spacial score (nSPS) is 15.3. The second-order valence-corrected chi connectivity index (χ2v) is 6.20. The fraction of sp³-hybridized carbons (Fsp3) is 0.333. The molecule has 1 aliphatic heterocycles. The first-order valence-corrected chi connectivity index (χ1v) is 8.36. The highest BCUT2D eigenvalue weighted by Gasteiger charge is 2.21. The van der Waals surface area contributed by atoms with Gasteiger partial charge in [0.15, 0.2) is 6.61 Å². The second kappa shape index (κ2) is 8.13. The summed E-state index contributed by atoms with van der Waals surface area (Å²) in [6.45, 7) is 4.11. The molecular weight excluding hydrogens is 326 g/mol. The Kier molecular flexibility index (Phi) is 5.67. The number of carbonyl (C=O) groups excluding carboxylic acids is 1. The van der Waals surface area contributed by atoms with Gasteiger partial charge in [0.25, 0.3) is 5.91 Å². The van der Waals surface area contributed by atoms with Gasteiger partial charge in [-0.1, -0.05) is 17.7 Å². The Labute approximate surface area is 146 Å². The predicted molar refractivity (Wildman–Crippen MR) is 93.0 cm³/mol. The number of halogens is 1. The Balaban J connectivity index is 1.42. The van der Waals surface area contributed by atoms with Gasteiger partial charge in [-0.15, -0.1) is 0 Å². The average Bonchev–Trinajstić information content (AvgIpc) is 2.62. The quantitative estimate of drug-likeness (QED) is 0.835. The highest BCUT2D eigenvalue weighted by atomic mass is 35.5. The number of ether oxygens (including phenoxy) is 1. The van der Waals surface area contributed by atoms with Crippen LogP contribution in [-0.4, -0.2) is 53.5 Å². The summed E-state index contributed by atoms with van der Waals surface area (Å²) in [7, 11) is 0. The van der Waals surface area contributed by atoms with E-state index in [4.69, 9.17) is 16.3 Å². The third-order valence-corrected chi connectivity index (χ3v) is 4.28. The number of rotatable bonds is 5. The summed E-state index contributed by atoms with van der Waals surface area (Å²) in [5.74, 6) is 0.675. The Morgan fingerprint density at radius 1 is 1.12 bits per heavy atom. The molecule has 2 heterocycles. The molecule has 0 radical (unpaired) electrons. The molecule has 2 aromatic rings. The molecule has 0 N–H and O–H groups in total. The molecule has 0 bridgehead atoms. The van der Waals surface area contributed by atoms with Crippen LogP contribution in [0.3, 0.4) is 0 Å². The van der Waals surface area contributed by atoms with Crippen LogP contribution >= 0.6 is 11.6 Å². The summed E-state index contributed by atoms with van der Waals surface area (Å²) in [4.78, 5) is 20.6. The summed E-state index contributed by atoms with van der Waals surface area (Å²) in [5, 5.41) is 0.651. The lowest BCUT2D eigenvalue weighted by molar-refractivity contribution is -0.135. The molecule has 126 valence electrons. The number of hydrogen-bond donors (Lipinski definition) is 0.